The van der Waals surface area contributed by atoms with Crippen LogP contribution in [0.4, 0.5) is 30.8 Å². The van der Waals surface area contributed by atoms with Gasteiger partial charge in [0, 0.05) is 17.9 Å². The van der Waals surface area contributed by atoms with Crippen LogP contribution in [0.25, 0.3) is 0 Å². The second-order valence-corrected chi connectivity index (χ2v) is 8.63. The van der Waals surface area contributed by atoms with Crippen LogP contribution in [0, 0.1) is 28.6 Å². The van der Waals surface area contributed by atoms with E-state index in [-0.39, 0.29) is 5.69 Å². The molecule has 1 aliphatic heterocycles. The number of nitrogens with one attached hydrogen (secondary N) is 1. The Bertz CT molecular complexity index is 1390. The molecule has 1 saturated carbocycles. The number of rotatable bonds is 5. The Morgan fingerprint density at radius 1 is 1.09 bits per heavy atom. The molecule has 10 heteroatoms. The van der Waals surface area contributed by atoms with Crippen LogP contribution < -0.4 is 10.2 Å². The van der Waals surface area contributed by atoms with Crippen LogP contribution in [0.15, 0.2) is 59.8 Å². The predicted molar refractivity (Wildman–Crippen MR) is 122 cm³/mol. The van der Waals surface area contributed by atoms with E-state index in [0.717, 1.165) is 25.0 Å². The van der Waals surface area contributed by atoms with Crippen molar-refractivity contribution in [1.82, 2.24) is 14.8 Å². The van der Waals surface area contributed by atoms with Crippen LogP contribution in [0.3, 0.4) is 0 Å². The zero-order valence-electron chi connectivity index (χ0n) is 18.7. The third-order valence-corrected chi connectivity index (χ3v) is 6.21. The molecule has 1 aliphatic carbocycles. The van der Waals surface area contributed by atoms with Gasteiger partial charge < -0.3 is 5.32 Å². The number of fused-ring (bicyclic) bond motifs is 1. The lowest BCUT2D eigenvalue weighted by molar-refractivity contribution is -0.137. The Balaban J connectivity index is 1.66. The van der Waals surface area contributed by atoms with Gasteiger partial charge in [-0.25, -0.2) is 4.68 Å². The average Bonchev–Trinajstić information content (AvgIpc) is 3.59. The molecular formula is C25H20F3N7. The topological polar surface area (TPSA) is 93.6 Å². The Labute approximate surface area is 199 Å². The molecule has 1 N–H and O–H groups in total. The Hall–Kier alpha value is -4.31. The molecule has 2 aromatic carbocycles. The van der Waals surface area contributed by atoms with Crippen molar-refractivity contribution < 1.29 is 13.2 Å². The lowest BCUT2D eigenvalue weighted by atomic mass is 9.95. The highest BCUT2D eigenvalue weighted by Gasteiger charge is 2.37. The second kappa shape index (κ2) is 8.48. The SMILES string of the molecule is CC1=C(C#N)C(c2ccc(C#N)cc2)n2nc(NCC3CC3)nc2N1c1cccc(C(F)(F)F)c1. The van der Waals surface area contributed by atoms with E-state index in [1.165, 1.54) is 11.0 Å². The highest BCUT2D eigenvalue weighted by molar-refractivity contribution is 5.69. The Morgan fingerprint density at radius 3 is 2.46 bits per heavy atom. The van der Waals surface area contributed by atoms with Crippen LogP contribution >= 0.6 is 0 Å². The highest BCUT2D eigenvalue weighted by Crippen LogP contribution is 2.43. The van der Waals surface area contributed by atoms with Crippen molar-refractivity contribution in [2.45, 2.75) is 32.0 Å². The van der Waals surface area contributed by atoms with Gasteiger partial charge in [-0.2, -0.15) is 28.7 Å². The predicted octanol–water partition coefficient (Wildman–Crippen LogP) is 5.53. The van der Waals surface area contributed by atoms with Crippen molar-refractivity contribution >= 4 is 17.6 Å². The van der Waals surface area contributed by atoms with Gasteiger partial charge in [-0.3, -0.25) is 4.90 Å². The summed E-state index contributed by atoms with van der Waals surface area (Å²) in [5, 5.41) is 27.1. The summed E-state index contributed by atoms with van der Waals surface area (Å²) in [7, 11) is 0. The van der Waals surface area contributed by atoms with E-state index in [9.17, 15) is 18.4 Å². The first-order valence-electron chi connectivity index (χ1n) is 11.1. The van der Waals surface area contributed by atoms with Crippen molar-refractivity contribution in [3.05, 3.63) is 76.5 Å². The molecule has 0 spiro atoms. The van der Waals surface area contributed by atoms with Gasteiger partial charge in [0.2, 0.25) is 11.9 Å². The van der Waals surface area contributed by atoms with Gasteiger partial charge in [0.1, 0.15) is 6.04 Å². The van der Waals surface area contributed by atoms with Gasteiger partial charge in [0.25, 0.3) is 0 Å². The number of hydrogen-bond donors (Lipinski definition) is 1. The molecule has 3 aromatic rings. The fraction of sp³-hybridized carbons (Fsp3) is 0.280. The first kappa shape index (κ1) is 22.5. The standard InChI is InChI=1S/C25H20F3N7/c1-15-21(13-30)22(18-9-7-16(12-29)8-10-18)35-24(32-23(33-35)31-14-17-5-6-17)34(15)20-4-2-3-19(11-20)25(26,27)28/h2-4,7-11,17,22H,5-6,14H2,1H3,(H,31,33). The van der Waals surface area contributed by atoms with E-state index in [0.29, 0.717) is 46.8 Å². The maximum atomic E-state index is 13.5. The smallest absolute Gasteiger partial charge is 0.353 e. The lowest BCUT2D eigenvalue weighted by Gasteiger charge is -2.34. The molecule has 35 heavy (non-hydrogen) atoms. The van der Waals surface area contributed by atoms with Crippen LogP contribution in [0.2, 0.25) is 0 Å². The number of nitrogens with zero attached hydrogens (tertiary/aromatic N) is 6. The summed E-state index contributed by atoms with van der Waals surface area (Å²) in [5.74, 6) is 1.20. The van der Waals surface area contributed by atoms with Crippen molar-refractivity contribution in [3.8, 4) is 12.1 Å². The molecule has 1 aromatic heterocycles. The van der Waals surface area contributed by atoms with E-state index in [1.807, 2.05) is 0 Å². The van der Waals surface area contributed by atoms with Crippen molar-refractivity contribution in [1.29, 1.82) is 10.5 Å². The fourth-order valence-electron chi connectivity index (χ4n) is 4.18. The normalized spacial score (nSPS) is 17.5. The van der Waals surface area contributed by atoms with Crippen LogP contribution in [-0.4, -0.2) is 21.3 Å². The summed E-state index contributed by atoms with van der Waals surface area (Å²) >= 11 is 0. The molecule has 2 aliphatic rings. The minimum Gasteiger partial charge on any atom is -0.353 e. The molecular weight excluding hydrogens is 455 g/mol. The third-order valence-electron chi connectivity index (χ3n) is 6.21. The summed E-state index contributed by atoms with van der Waals surface area (Å²) in [6.45, 7) is 2.39. The zero-order chi connectivity index (χ0) is 24.7. The molecule has 176 valence electrons. The van der Waals surface area contributed by atoms with Crippen molar-refractivity contribution in [2.24, 2.45) is 5.92 Å². The third kappa shape index (κ3) is 4.19. The van der Waals surface area contributed by atoms with E-state index in [1.54, 1.807) is 41.9 Å². The summed E-state index contributed by atoms with van der Waals surface area (Å²) in [6, 6.07) is 15.4. The molecule has 0 radical (unpaired) electrons. The number of alkyl halides is 3. The molecule has 0 amide bonds. The van der Waals surface area contributed by atoms with Gasteiger partial charge in [0.05, 0.1) is 28.8 Å². The number of hydrogen-bond acceptors (Lipinski definition) is 6. The van der Waals surface area contributed by atoms with Gasteiger partial charge in [-0.15, -0.1) is 5.10 Å². The van der Waals surface area contributed by atoms with E-state index in [2.05, 4.69) is 27.5 Å². The quantitative estimate of drug-likeness (QED) is 0.522. The first-order chi connectivity index (χ1) is 16.8. The molecule has 1 atom stereocenters. The maximum absolute atomic E-state index is 13.5. The van der Waals surface area contributed by atoms with E-state index < -0.39 is 17.8 Å². The maximum Gasteiger partial charge on any atom is 0.416 e. The van der Waals surface area contributed by atoms with Gasteiger partial charge >= 0.3 is 6.18 Å². The molecule has 1 unspecified atom stereocenters. The molecule has 5 rings (SSSR count). The first-order valence-corrected chi connectivity index (χ1v) is 11.1. The molecule has 2 heterocycles. The number of nitriles is 2. The summed E-state index contributed by atoms with van der Waals surface area (Å²) in [5.41, 5.74) is 1.39. The number of halogens is 3. The lowest BCUT2D eigenvalue weighted by Crippen LogP contribution is -2.31. The second-order valence-electron chi connectivity index (χ2n) is 8.63. The van der Waals surface area contributed by atoms with E-state index >= 15 is 0 Å². The Kier molecular flexibility index (Phi) is 5.45. The number of aromatic nitrogens is 3. The monoisotopic (exact) mass is 475 g/mol. The van der Waals surface area contributed by atoms with Crippen LogP contribution in [0.5, 0.6) is 0 Å². The molecule has 0 bridgehead atoms. The van der Waals surface area contributed by atoms with Gasteiger partial charge in [0.15, 0.2) is 0 Å². The highest BCUT2D eigenvalue weighted by atomic mass is 19.4. The van der Waals surface area contributed by atoms with Crippen LogP contribution in [0.1, 0.15) is 42.5 Å². The average molecular weight is 475 g/mol. The molecule has 1 fully saturated rings. The minimum atomic E-state index is -4.52. The fourth-order valence-corrected chi connectivity index (χ4v) is 4.18. The number of benzene rings is 2. The largest absolute Gasteiger partial charge is 0.416 e. The van der Waals surface area contributed by atoms with Crippen LogP contribution in [-0.2, 0) is 6.18 Å². The minimum absolute atomic E-state index is 0.228. The molecule has 7 nitrogen and oxygen atoms in total. The van der Waals surface area contributed by atoms with Gasteiger partial charge in [-0.05, 0) is 61.6 Å². The van der Waals surface area contributed by atoms with Crippen molar-refractivity contribution in [2.75, 3.05) is 16.8 Å². The van der Waals surface area contributed by atoms with E-state index in [4.69, 9.17) is 5.26 Å². The Morgan fingerprint density at radius 2 is 1.83 bits per heavy atom. The van der Waals surface area contributed by atoms with Crippen molar-refractivity contribution in [3.63, 3.8) is 0 Å². The summed E-state index contributed by atoms with van der Waals surface area (Å²) < 4.78 is 41.9. The number of allylic oxidation sites excluding steroid dienone is 2. The van der Waals surface area contributed by atoms with Gasteiger partial charge in [-0.1, -0.05) is 18.2 Å². The summed E-state index contributed by atoms with van der Waals surface area (Å²) in [6.07, 6.45) is -2.26. The zero-order valence-corrected chi connectivity index (χ0v) is 18.7. The molecule has 0 saturated heterocycles. The summed E-state index contributed by atoms with van der Waals surface area (Å²) in [4.78, 5) is 6.15. The number of anilines is 3.